The maximum Gasteiger partial charge on any atom is 0.0693 e. The van der Waals surface area contributed by atoms with Crippen molar-refractivity contribution < 1.29 is 5.11 Å². The summed E-state index contributed by atoms with van der Waals surface area (Å²) in [6, 6.07) is 0.380. The first-order chi connectivity index (χ1) is 6.84. The van der Waals surface area contributed by atoms with E-state index in [2.05, 4.69) is 12.2 Å². The average molecular weight is 199 g/mol. The highest BCUT2D eigenvalue weighted by atomic mass is 16.3. The second-order valence-electron chi connectivity index (χ2n) is 4.47. The largest absolute Gasteiger partial charge is 0.392 e. The van der Waals surface area contributed by atoms with E-state index in [1.54, 1.807) is 0 Å². The molecular weight excluding hydrogens is 174 g/mol. The van der Waals surface area contributed by atoms with Gasteiger partial charge in [0.05, 0.1) is 6.10 Å². The van der Waals surface area contributed by atoms with Crippen LogP contribution in [-0.4, -0.2) is 23.8 Å². The zero-order valence-electron chi connectivity index (χ0n) is 9.47. The van der Waals surface area contributed by atoms with Crippen LogP contribution in [-0.2, 0) is 0 Å². The topological polar surface area (TPSA) is 32.3 Å². The number of hydrogen-bond donors (Lipinski definition) is 2. The highest BCUT2D eigenvalue weighted by molar-refractivity contribution is 4.79. The summed E-state index contributed by atoms with van der Waals surface area (Å²) in [6.45, 7) is 3.32. The van der Waals surface area contributed by atoms with Crippen molar-refractivity contribution in [3.8, 4) is 0 Å². The van der Waals surface area contributed by atoms with Gasteiger partial charge in [-0.15, -0.1) is 0 Å². The van der Waals surface area contributed by atoms with Gasteiger partial charge >= 0.3 is 0 Å². The fourth-order valence-electron chi connectivity index (χ4n) is 2.19. The molecule has 0 amide bonds. The monoisotopic (exact) mass is 199 g/mol. The third kappa shape index (κ3) is 4.43. The summed E-state index contributed by atoms with van der Waals surface area (Å²) >= 11 is 0. The maximum atomic E-state index is 9.71. The third-order valence-electron chi connectivity index (χ3n) is 3.17. The molecule has 0 saturated heterocycles. The quantitative estimate of drug-likeness (QED) is 0.644. The van der Waals surface area contributed by atoms with Crippen LogP contribution in [0.4, 0.5) is 0 Å². The van der Waals surface area contributed by atoms with Crippen molar-refractivity contribution in [1.82, 2.24) is 5.32 Å². The zero-order valence-corrected chi connectivity index (χ0v) is 9.47. The van der Waals surface area contributed by atoms with Crippen molar-refractivity contribution in [2.24, 2.45) is 0 Å². The van der Waals surface area contributed by atoms with Crippen LogP contribution < -0.4 is 5.32 Å². The van der Waals surface area contributed by atoms with Crippen LogP contribution in [0.1, 0.15) is 58.3 Å². The van der Waals surface area contributed by atoms with Crippen molar-refractivity contribution in [3.63, 3.8) is 0 Å². The molecule has 1 aliphatic carbocycles. The molecule has 2 nitrogen and oxygen atoms in total. The van der Waals surface area contributed by atoms with Gasteiger partial charge in [0.25, 0.3) is 0 Å². The third-order valence-corrected chi connectivity index (χ3v) is 3.17. The van der Waals surface area contributed by atoms with Crippen LogP contribution in [0.3, 0.4) is 0 Å². The molecule has 0 aromatic rings. The van der Waals surface area contributed by atoms with E-state index in [1.165, 1.54) is 38.5 Å². The van der Waals surface area contributed by atoms with Gasteiger partial charge < -0.3 is 10.4 Å². The van der Waals surface area contributed by atoms with Crippen LogP contribution in [0.2, 0.25) is 0 Å². The Balaban J connectivity index is 1.99. The van der Waals surface area contributed by atoms with Crippen LogP contribution in [0.5, 0.6) is 0 Å². The van der Waals surface area contributed by atoms with E-state index in [9.17, 15) is 5.11 Å². The van der Waals surface area contributed by atoms with Gasteiger partial charge in [0.1, 0.15) is 0 Å². The highest BCUT2D eigenvalue weighted by Crippen LogP contribution is 2.18. The van der Waals surface area contributed by atoms with Gasteiger partial charge in [-0.3, -0.25) is 0 Å². The first kappa shape index (κ1) is 12.0. The fraction of sp³-hybridized carbons (Fsp3) is 1.00. The predicted molar refractivity (Wildman–Crippen MR) is 60.4 cm³/mol. The number of aliphatic hydroxyl groups excluding tert-OH is 1. The number of aliphatic hydroxyl groups is 1. The first-order valence-corrected chi connectivity index (χ1v) is 6.26. The van der Waals surface area contributed by atoms with Gasteiger partial charge in [0, 0.05) is 6.04 Å². The van der Waals surface area contributed by atoms with E-state index < -0.39 is 0 Å². The van der Waals surface area contributed by atoms with Crippen molar-refractivity contribution >= 4 is 0 Å². The van der Waals surface area contributed by atoms with Crippen molar-refractivity contribution in [1.29, 1.82) is 0 Å². The van der Waals surface area contributed by atoms with Crippen molar-refractivity contribution in [2.75, 3.05) is 6.54 Å². The Kier molecular flexibility index (Phi) is 6.20. The second-order valence-corrected chi connectivity index (χ2v) is 4.47. The predicted octanol–water partition coefficient (Wildman–Crippen LogP) is 2.46. The number of rotatable bonds is 6. The zero-order chi connectivity index (χ0) is 10.2. The molecule has 0 unspecified atom stereocenters. The minimum atomic E-state index is -0.0880. The van der Waals surface area contributed by atoms with E-state index in [-0.39, 0.29) is 6.10 Å². The molecule has 0 aromatic heterocycles. The molecular formula is C12H25NO. The molecule has 0 aliphatic heterocycles. The normalized spacial score (nSPS) is 27.9. The summed E-state index contributed by atoms with van der Waals surface area (Å²) in [5, 5.41) is 13.2. The summed E-state index contributed by atoms with van der Waals surface area (Å²) in [6.07, 6.45) is 9.78. The molecule has 2 atom stereocenters. The van der Waals surface area contributed by atoms with Gasteiger partial charge in [-0.05, 0) is 25.8 Å². The summed E-state index contributed by atoms with van der Waals surface area (Å²) in [7, 11) is 0. The summed E-state index contributed by atoms with van der Waals surface area (Å²) < 4.78 is 0. The lowest BCUT2D eigenvalue weighted by molar-refractivity contribution is 0.0909. The molecule has 1 aliphatic rings. The minimum absolute atomic E-state index is 0.0880. The molecule has 0 heterocycles. The second kappa shape index (κ2) is 7.24. The number of hydrogen-bond acceptors (Lipinski definition) is 2. The SMILES string of the molecule is CCCCCCN[C@H]1CCCC[C@@H]1O. The van der Waals surface area contributed by atoms with Gasteiger partial charge in [-0.2, -0.15) is 0 Å². The van der Waals surface area contributed by atoms with Crippen molar-refractivity contribution in [3.05, 3.63) is 0 Å². The number of nitrogens with one attached hydrogen (secondary N) is 1. The van der Waals surface area contributed by atoms with Gasteiger partial charge in [-0.25, -0.2) is 0 Å². The average Bonchev–Trinajstić information content (AvgIpc) is 2.20. The number of unbranched alkanes of at least 4 members (excludes halogenated alkanes) is 3. The molecule has 0 spiro atoms. The lowest BCUT2D eigenvalue weighted by Crippen LogP contribution is -2.42. The van der Waals surface area contributed by atoms with Crippen molar-refractivity contribution in [2.45, 2.75) is 70.4 Å². The summed E-state index contributed by atoms with van der Waals surface area (Å²) in [5.74, 6) is 0. The molecule has 1 fully saturated rings. The Bertz CT molecular complexity index is 138. The molecule has 14 heavy (non-hydrogen) atoms. The smallest absolute Gasteiger partial charge is 0.0693 e. The first-order valence-electron chi connectivity index (χ1n) is 6.26. The van der Waals surface area contributed by atoms with E-state index in [0.717, 1.165) is 19.4 Å². The van der Waals surface area contributed by atoms with Crippen LogP contribution in [0.25, 0.3) is 0 Å². The Morgan fingerprint density at radius 2 is 1.93 bits per heavy atom. The van der Waals surface area contributed by atoms with E-state index in [1.807, 2.05) is 0 Å². The molecule has 0 radical (unpaired) electrons. The molecule has 1 saturated carbocycles. The maximum absolute atomic E-state index is 9.71. The molecule has 2 heteroatoms. The van der Waals surface area contributed by atoms with Crippen LogP contribution in [0.15, 0.2) is 0 Å². The Morgan fingerprint density at radius 3 is 2.64 bits per heavy atom. The Hall–Kier alpha value is -0.0800. The van der Waals surface area contributed by atoms with E-state index >= 15 is 0 Å². The standard InChI is InChI=1S/C12H25NO/c1-2-3-4-7-10-13-11-8-5-6-9-12(11)14/h11-14H,2-10H2,1H3/t11-,12-/m0/s1. The van der Waals surface area contributed by atoms with E-state index in [4.69, 9.17) is 0 Å². The Labute approximate surface area is 88.1 Å². The fourth-order valence-corrected chi connectivity index (χ4v) is 2.19. The molecule has 0 bridgehead atoms. The molecule has 1 rings (SSSR count). The van der Waals surface area contributed by atoms with E-state index in [0.29, 0.717) is 6.04 Å². The van der Waals surface area contributed by atoms with Crippen LogP contribution in [0, 0.1) is 0 Å². The lowest BCUT2D eigenvalue weighted by atomic mass is 9.92. The van der Waals surface area contributed by atoms with Gasteiger partial charge in [0.2, 0.25) is 0 Å². The summed E-state index contributed by atoms with van der Waals surface area (Å²) in [4.78, 5) is 0. The van der Waals surface area contributed by atoms with Gasteiger partial charge in [-0.1, -0.05) is 39.0 Å². The lowest BCUT2D eigenvalue weighted by Gasteiger charge is -2.28. The van der Waals surface area contributed by atoms with Crippen LogP contribution >= 0.6 is 0 Å². The van der Waals surface area contributed by atoms with Gasteiger partial charge in [0.15, 0.2) is 0 Å². The molecule has 84 valence electrons. The highest BCUT2D eigenvalue weighted by Gasteiger charge is 2.21. The molecule has 0 aromatic carbocycles. The molecule has 2 N–H and O–H groups in total. The minimum Gasteiger partial charge on any atom is -0.392 e. The summed E-state index contributed by atoms with van der Waals surface area (Å²) in [5.41, 5.74) is 0. The Morgan fingerprint density at radius 1 is 1.14 bits per heavy atom.